The number of benzene rings is 1. The minimum atomic E-state index is 0.640. The van der Waals surface area contributed by atoms with Gasteiger partial charge < -0.3 is 5.32 Å². The molecule has 0 aliphatic rings. The monoisotopic (exact) mass is 323 g/mol. The van der Waals surface area contributed by atoms with Gasteiger partial charge in [-0.15, -0.1) is 0 Å². The van der Waals surface area contributed by atoms with E-state index in [-0.39, 0.29) is 0 Å². The number of hydrogen-bond acceptors (Lipinski definition) is 6. The molecule has 1 aromatic carbocycles. The molecule has 4 aromatic rings. The highest BCUT2D eigenvalue weighted by Crippen LogP contribution is 2.25. The quantitative estimate of drug-likeness (QED) is 0.624. The van der Waals surface area contributed by atoms with Gasteiger partial charge in [0.05, 0.1) is 17.4 Å². The number of nitrogens with zero attached hydrogens (tertiary/aromatic N) is 6. The molecule has 0 aliphatic carbocycles. The molecule has 0 unspecified atom stereocenters. The lowest BCUT2D eigenvalue weighted by molar-refractivity contribution is 0.846. The number of pyridine rings is 1. The first kappa shape index (κ1) is 13.6. The van der Waals surface area contributed by atoms with Gasteiger partial charge in [0.15, 0.2) is 5.82 Å². The van der Waals surface area contributed by atoms with E-state index in [0.717, 1.165) is 16.6 Å². The van der Waals surface area contributed by atoms with Crippen LogP contribution in [0.25, 0.3) is 16.7 Å². The Labute approximate surface area is 136 Å². The molecule has 0 spiro atoms. The highest BCUT2D eigenvalue weighted by atomic mass is 35.5. The average molecular weight is 324 g/mol. The van der Waals surface area contributed by atoms with E-state index in [1.807, 2.05) is 24.3 Å². The molecule has 0 atom stereocenters. The van der Waals surface area contributed by atoms with Crippen LogP contribution in [0.2, 0.25) is 5.02 Å². The molecule has 8 heteroatoms. The maximum absolute atomic E-state index is 5.99. The van der Waals surface area contributed by atoms with Gasteiger partial charge in [-0.3, -0.25) is 0 Å². The van der Waals surface area contributed by atoms with Crippen molar-refractivity contribution in [2.24, 2.45) is 0 Å². The van der Waals surface area contributed by atoms with Crippen LogP contribution in [0.4, 0.5) is 11.5 Å². The van der Waals surface area contributed by atoms with Crippen molar-refractivity contribution in [1.29, 1.82) is 0 Å². The van der Waals surface area contributed by atoms with Crippen molar-refractivity contribution in [3.8, 4) is 5.82 Å². The van der Waals surface area contributed by atoms with Gasteiger partial charge in [0, 0.05) is 10.4 Å². The molecule has 0 aliphatic heterocycles. The third kappa shape index (κ3) is 2.69. The minimum absolute atomic E-state index is 0.640. The van der Waals surface area contributed by atoms with Crippen LogP contribution >= 0.6 is 11.6 Å². The number of halogens is 1. The lowest BCUT2D eigenvalue weighted by Crippen LogP contribution is -2.00. The Morgan fingerprint density at radius 3 is 2.74 bits per heavy atom. The van der Waals surface area contributed by atoms with E-state index < -0.39 is 0 Å². The molecular weight excluding hydrogens is 314 g/mol. The summed E-state index contributed by atoms with van der Waals surface area (Å²) >= 11 is 5.99. The summed E-state index contributed by atoms with van der Waals surface area (Å²) in [6, 6.07) is 9.24. The van der Waals surface area contributed by atoms with Gasteiger partial charge >= 0.3 is 0 Å². The highest BCUT2D eigenvalue weighted by Gasteiger charge is 2.05. The summed E-state index contributed by atoms with van der Waals surface area (Å²) in [5, 5.41) is 8.80. The van der Waals surface area contributed by atoms with Gasteiger partial charge in [0.1, 0.15) is 24.8 Å². The van der Waals surface area contributed by atoms with Crippen molar-refractivity contribution in [3.05, 3.63) is 60.5 Å². The first-order valence-electron chi connectivity index (χ1n) is 6.78. The third-order valence-corrected chi connectivity index (χ3v) is 3.50. The lowest BCUT2D eigenvalue weighted by Gasteiger charge is -2.08. The SMILES string of the molecule is Clc1ccc2c(Nc3ccc(-n4cncn4)nc3)ncnc2c1. The van der Waals surface area contributed by atoms with Gasteiger partial charge in [-0.1, -0.05) is 11.6 Å². The van der Waals surface area contributed by atoms with Crippen LogP contribution in [0.5, 0.6) is 0 Å². The Bertz CT molecular complexity index is 951. The maximum Gasteiger partial charge on any atom is 0.155 e. The predicted octanol–water partition coefficient (Wildman–Crippen LogP) is 3.00. The molecule has 3 aromatic heterocycles. The maximum atomic E-state index is 5.99. The fourth-order valence-electron chi connectivity index (χ4n) is 2.19. The van der Waals surface area contributed by atoms with Crippen molar-refractivity contribution in [3.63, 3.8) is 0 Å². The largest absolute Gasteiger partial charge is 0.338 e. The molecule has 3 heterocycles. The molecule has 0 radical (unpaired) electrons. The molecular formula is C15H10ClN7. The molecule has 1 N–H and O–H groups in total. The predicted molar refractivity (Wildman–Crippen MR) is 87.0 cm³/mol. The Kier molecular flexibility index (Phi) is 3.32. The van der Waals surface area contributed by atoms with Gasteiger partial charge in [0.25, 0.3) is 0 Å². The van der Waals surface area contributed by atoms with Crippen LogP contribution in [-0.4, -0.2) is 29.7 Å². The van der Waals surface area contributed by atoms with E-state index in [1.165, 1.54) is 12.7 Å². The topological polar surface area (TPSA) is 81.4 Å². The fraction of sp³-hybridized carbons (Fsp3) is 0. The summed E-state index contributed by atoms with van der Waals surface area (Å²) in [4.78, 5) is 16.7. The van der Waals surface area contributed by atoms with Crippen LogP contribution in [0, 0.1) is 0 Å². The van der Waals surface area contributed by atoms with E-state index in [1.54, 1.807) is 23.3 Å². The van der Waals surface area contributed by atoms with Crippen LogP contribution in [-0.2, 0) is 0 Å². The van der Waals surface area contributed by atoms with E-state index in [9.17, 15) is 0 Å². The number of aromatic nitrogens is 6. The summed E-state index contributed by atoms with van der Waals surface area (Å²) in [5.41, 5.74) is 1.59. The lowest BCUT2D eigenvalue weighted by atomic mass is 10.2. The van der Waals surface area contributed by atoms with Crippen LogP contribution in [0.3, 0.4) is 0 Å². The number of anilines is 2. The van der Waals surface area contributed by atoms with Crippen molar-refractivity contribution in [2.75, 3.05) is 5.32 Å². The Morgan fingerprint density at radius 2 is 1.96 bits per heavy atom. The van der Waals surface area contributed by atoms with Crippen molar-refractivity contribution in [2.45, 2.75) is 0 Å². The highest BCUT2D eigenvalue weighted by molar-refractivity contribution is 6.31. The molecule has 0 amide bonds. The van der Waals surface area contributed by atoms with Gasteiger partial charge in [-0.05, 0) is 30.3 Å². The van der Waals surface area contributed by atoms with Crippen molar-refractivity contribution < 1.29 is 0 Å². The Hall–Kier alpha value is -3.06. The molecule has 0 fully saturated rings. The van der Waals surface area contributed by atoms with Crippen molar-refractivity contribution >= 4 is 34.0 Å². The summed E-state index contributed by atoms with van der Waals surface area (Å²) in [7, 11) is 0. The van der Waals surface area contributed by atoms with Gasteiger partial charge in [-0.2, -0.15) is 5.10 Å². The summed E-state index contributed by atoms with van der Waals surface area (Å²) in [6.07, 6.45) is 6.27. The first-order chi connectivity index (χ1) is 11.3. The smallest absolute Gasteiger partial charge is 0.155 e. The van der Waals surface area contributed by atoms with Crippen molar-refractivity contribution in [1.82, 2.24) is 29.7 Å². The van der Waals surface area contributed by atoms with Crippen LogP contribution in [0.1, 0.15) is 0 Å². The van der Waals surface area contributed by atoms with E-state index in [4.69, 9.17) is 11.6 Å². The second-order valence-corrected chi connectivity index (χ2v) is 5.19. The summed E-state index contributed by atoms with van der Waals surface area (Å²) in [6.45, 7) is 0. The molecule has 0 bridgehead atoms. The normalized spacial score (nSPS) is 10.8. The van der Waals surface area contributed by atoms with E-state index in [0.29, 0.717) is 16.7 Å². The third-order valence-electron chi connectivity index (χ3n) is 3.26. The van der Waals surface area contributed by atoms with E-state index in [2.05, 4.69) is 30.4 Å². The number of nitrogens with one attached hydrogen (secondary N) is 1. The molecule has 4 rings (SSSR count). The number of rotatable bonds is 3. The molecule has 0 saturated carbocycles. The second-order valence-electron chi connectivity index (χ2n) is 4.75. The molecule has 7 nitrogen and oxygen atoms in total. The van der Waals surface area contributed by atoms with Crippen LogP contribution < -0.4 is 5.32 Å². The number of hydrogen-bond donors (Lipinski definition) is 1. The van der Waals surface area contributed by atoms with E-state index >= 15 is 0 Å². The zero-order valence-electron chi connectivity index (χ0n) is 11.8. The van der Waals surface area contributed by atoms with Crippen LogP contribution in [0.15, 0.2) is 55.5 Å². The van der Waals surface area contributed by atoms with Gasteiger partial charge in [-0.25, -0.2) is 24.6 Å². The zero-order valence-corrected chi connectivity index (χ0v) is 12.5. The summed E-state index contributed by atoms with van der Waals surface area (Å²) in [5.74, 6) is 1.38. The standard InChI is InChI=1S/C15H10ClN7/c16-10-1-3-12-13(5-10)19-8-20-15(12)22-11-2-4-14(18-6-11)23-9-17-7-21-23/h1-9H,(H,19,20,22). The fourth-order valence-corrected chi connectivity index (χ4v) is 2.35. The second kappa shape index (κ2) is 5.62. The number of fused-ring (bicyclic) bond motifs is 1. The van der Waals surface area contributed by atoms with Gasteiger partial charge in [0.2, 0.25) is 0 Å². The molecule has 112 valence electrons. The molecule has 23 heavy (non-hydrogen) atoms. The first-order valence-corrected chi connectivity index (χ1v) is 7.16. The minimum Gasteiger partial charge on any atom is -0.338 e. The Morgan fingerprint density at radius 1 is 1.00 bits per heavy atom. The Balaban J connectivity index is 1.66. The zero-order chi connectivity index (χ0) is 15.6. The summed E-state index contributed by atoms with van der Waals surface area (Å²) < 4.78 is 1.59. The molecule has 0 saturated heterocycles. The average Bonchev–Trinajstić information content (AvgIpc) is 3.10.